The minimum Gasteiger partial charge on any atom is -0.435 e. The Bertz CT molecular complexity index is 915. The van der Waals surface area contributed by atoms with E-state index in [0.717, 1.165) is 0 Å². The highest BCUT2D eigenvalue weighted by molar-refractivity contribution is 7.99. The Morgan fingerprint density at radius 3 is 2.74 bits per heavy atom. The van der Waals surface area contributed by atoms with Gasteiger partial charge in [0.15, 0.2) is 5.52 Å². The summed E-state index contributed by atoms with van der Waals surface area (Å²) in [5.41, 5.74) is 0.0951. The Kier molecular flexibility index (Phi) is 5.16. The molecule has 0 bridgehead atoms. The van der Waals surface area contributed by atoms with Crippen LogP contribution in [0.4, 0.5) is 10.5 Å². The predicted molar refractivity (Wildman–Crippen MR) is 95.2 cm³/mol. The van der Waals surface area contributed by atoms with Crippen molar-refractivity contribution in [3.8, 4) is 0 Å². The molecule has 1 aromatic carbocycles. The van der Waals surface area contributed by atoms with Gasteiger partial charge in [-0.3, -0.25) is 10.1 Å². The quantitative estimate of drug-likeness (QED) is 0.350. The van der Waals surface area contributed by atoms with Gasteiger partial charge >= 0.3 is 17.7 Å². The third-order valence-electron chi connectivity index (χ3n) is 5.08. The minimum absolute atomic E-state index is 0.0474. The van der Waals surface area contributed by atoms with Crippen molar-refractivity contribution in [3.63, 3.8) is 0 Å². The van der Waals surface area contributed by atoms with Gasteiger partial charge in [-0.05, 0) is 30.2 Å². The number of rotatable bonds is 5. The molecule has 11 heteroatoms. The topological polar surface area (TPSA) is 136 Å². The largest absolute Gasteiger partial charge is 0.521 e. The zero-order valence-corrected chi connectivity index (χ0v) is 15.6. The van der Waals surface area contributed by atoms with Crippen LogP contribution in [0.5, 0.6) is 0 Å². The monoisotopic (exact) mass is 395 g/mol. The maximum Gasteiger partial charge on any atom is 0.521 e. The van der Waals surface area contributed by atoms with Crippen molar-refractivity contribution in [1.82, 2.24) is 10.3 Å². The summed E-state index contributed by atoms with van der Waals surface area (Å²) in [7, 11) is 0. The molecule has 1 aliphatic heterocycles. The number of fused-ring (bicyclic) bond motifs is 1. The number of carboxylic acid groups (broad SMARTS) is 1. The minimum atomic E-state index is -1.11. The number of quaternary nitrogens is 1. The lowest BCUT2D eigenvalue weighted by atomic mass is 10.1. The third kappa shape index (κ3) is 3.16. The zero-order chi connectivity index (χ0) is 19.8. The van der Waals surface area contributed by atoms with Gasteiger partial charge in [0.1, 0.15) is 6.04 Å². The van der Waals surface area contributed by atoms with E-state index in [9.17, 15) is 24.8 Å². The van der Waals surface area contributed by atoms with E-state index in [-0.39, 0.29) is 28.7 Å². The molecule has 1 aromatic heterocycles. The van der Waals surface area contributed by atoms with Gasteiger partial charge in [0.25, 0.3) is 0 Å². The fourth-order valence-electron chi connectivity index (χ4n) is 3.56. The Balaban J connectivity index is 1.79. The highest BCUT2D eigenvalue weighted by Crippen LogP contribution is 2.35. The molecule has 2 aromatic rings. The van der Waals surface area contributed by atoms with E-state index in [2.05, 4.69) is 14.9 Å². The van der Waals surface area contributed by atoms with Gasteiger partial charge in [-0.1, -0.05) is 0 Å². The van der Waals surface area contributed by atoms with E-state index in [1.807, 2.05) is 0 Å². The van der Waals surface area contributed by atoms with E-state index in [4.69, 9.17) is 0 Å². The highest BCUT2D eigenvalue weighted by atomic mass is 32.2. The van der Waals surface area contributed by atoms with Gasteiger partial charge in [0.2, 0.25) is 5.52 Å². The summed E-state index contributed by atoms with van der Waals surface area (Å²) in [5.74, 6) is -0.522. The number of thioether (sulfide) groups is 1. The molecular weight excluding hydrogens is 376 g/mol. The lowest BCUT2D eigenvalue weighted by Gasteiger charge is -2.31. The number of carbonyl (C=O) groups excluding carboxylic acids is 1. The summed E-state index contributed by atoms with van der Waals surface area (Å²) in [6, 6.07) is 2.59. The number of amides is 2. The smallest absolute Gasteiger partial charge is 0.435 e. The van der Waals surface area contributed by atoms with Gasteiger partial charge in [-0.15, -0.1) is 11.8 Å². The molecule has 10 nitrogen and oxygen atoms in total. The summed E-state index contributed by atoms with van der Waals surface area (Å²) in [6.45, 7) is 3.80. The number of benzene rings is 1. The Labute approximate surface area is 158 Å². The average molecular weight is 395 g/mol. The van der Waals surface area contributed by atoms with Crippen molar-refractivity contribution in [2.24, 2.45) is 5.92 Å². The van der Waals surface area contributed by atoms with Crippen LogP contribution >= 0.6 is 11.8 Å². The summed E-state index contributed by atoms with van der Waals surface area (Å²) in [5, 5.41) is 28.0. The number of aromatic nitrogens is 2. The van der Waals surface area contributed by atoms with Gasteiger partial charge in [-0.2, -0.15) is 9.28 Å². The van der Waals surface area contributed by atoms with E-state index in [0.29, 0.717) is 30.0 Å². The number of hydrogen-bond acceptors (Lipinski definition) is 8. The number of likely N-dealkylation sites (tertiary alicyclic amines) is 1. The Morgan fingerprint density at radius 2 is 2.15 bits per heavy atom. The first-order valence-electron chi connectivity index (χ1n) is 8.47. The van der Waals surface area contributed by atoms with Crippen LogP contribution in [0.2, 0.25) is 0 Å². The predicted octanol–water partition coefficient (Wildman–Crippen LogP) is 3.06. The van der Waals surface area contributed by atoms with Crippen LogP contribution in [0.25, 0.3) is 11.0 Å². The van der Waals surface area contributed by atoms with Crippen molar-refractivity contribution in [3.05, 3.63) is 22.2 Å². The van der Waals surface area contributed by atoms with Crippen LogP contribution in [0.15, 0.2) is 21.7 Å². The SMILES string of the molecule is CC(CSc1ccc([N+](=O)[O-])c2nonc12)C(=O)[N+]1(C(=O)O)CCC[C@H]1C. The van der Waals surface area contributed by atoms with Crippen molar-refractivity contribution in [2.75, 3.05) is 12.3 Å². The van der Waals surface area contributed by atoms with Crippen molar-refractivity contribution >= 4 is 40.5 Å². The van der Waals surface area contributed by atoms with Crippen LogP contribution in [0.1, 0.15) is 26.7 Å². The molecule has 3 rings (SSSR count). The van der Waals surface area contributed by atoms with E-state index < -0.39 is 21.4 Å². The summed E-state index contributed by atoms with van der Waals surface area (Å²) >= 11 is 1.27. The number of carbonyl (C=O) groups is 2. The molecule has 0 saturated carbocycles. The first-order chi connectivity index (χ1) is 12.8. The van der Waals surface area contributed by atoms with Crippen LogP contribution in [0.3, 0.4) is 0 Å². The molecule has 0 radical (unpaired) electrons. The first kappa shape index (κ1) is 19.2. The number of nitro groups is 1. The summed E-state index contributed by atoms with van der Waals surface area (Å²) in [6.07, 6.45) is 0.290. The second kappa shape index (κ2) is 7.24. The average Bonchev–Trinajstić information content (AvgIpc) is 3.25. The fraction of sp³-hybridized carbons (Fsp3) is 0.500. The molecular formula is C16H19N4O6S+. The van der Waals surface area contributed by atoms with Gasteiger partial charge in [0, 0.05) is 29.6 Å². The van der Waals surface area contributed by atoms with Crippen molar-refractivity contribution in [1.29, 1.82) is 0 Å². The molecule has 1 N–H and O–H groups in total. The van der Waals surface area contributed by atoms with Crippen LogP contribution in [-0.4, -0.2) is 55.2 Å². The van der Waals surface area contributed by atoms with Crippen LogP contribution in [0, 0.1) is 16.0 Å². The lowest BCUT2D eigenvalue weighted by Crippen LogP contribution is -2.60. The number of imide groups is 1. The van der Waals surface area contributed by atoms with Crippen molar-refractivity contribution < 1.29 is 28.7 Å². The second-order valence-corrected chi connectivity index (χ2v) is 7.78. The molecule has 0 aliphatic carbocycles. The zero-order valence-electron chi connectivity index (χ0n) is 14.8. The summed E-state index contributed by atoms with van der Waals surface area (Å²) < 4.78 is 4.09. The van der Waals surface area contributed by atoms with E-state index in [1.54, 1.807) is 13.8 Å². The molecule has 144 valence electrons. The second-order valence-electron chi connectivity index (χ2n) is 6.72. The standard InChI is InChI=1S/C16H18N4O6S/c1-9(15(21)20(16(22)23)7-3-4-10(20)2)8-27-12-6-5-11(19(24)25)13-14(12)18-26-17-13/h5-6,9-10H,3-4,7-8H2,1-2H3/p+1/t9?,10-,20?/m1/s1. The third-order valence-corrected chi connectivity index (χ3v) is 6.39. The molecule has 2 amide bonds. The Hall–Kier alpha value is -2.53. The van der Waals surface area contributed by atoms with Crippen LogP contribution in [-0.2, 0) is 4.79 Å². The number of non-ortho nitro benzene ring substituents is 1. The fourth-order valence-corrected chi connectivity index (χ4v) is 4.56. The summed E-state index contributed by atoms with van der Waals surface area (Å²) in [4.78, 5) is 35.9. The lowest BCUT2D eigenvalue weighted by molar-refractivity contribution is -0.793. The van der Waals surface area contributed by atoms with Gasteiger partial charge in [-0.25, -0.2) is 9.42 Å². The molecule has 1 saturated heterocycles. The van der Waals surface area contributed by atoms with E-state index in [1.165, 1.54) is 23.9 Å². The Morgan fingerprint density at radius 1 is 1.44 bits per heavy atom. The molecule has 0 spiro atoms. The molecule has 3 atom stereocenters. The first-order valence-corrected chi connectivity index (χ1v) is 9.45. The molecule has 2 heterocycles. The van der Waals surface area contributed by atoms with Gasteiger partial charge < -0.3 is 5.11 Å². The maximum absolute atomic E-state index is 12.9. The molecule has 1 fully saturated rings. The van der Waals surface area contributed by atoms with Crippen LogP contribution < -0.4 is 0 Å². The van der Waals surface area contributed by atoms with Crippen molar-refractivity contribution in [2.45, 2.75) is 37.6 Å². The van der Waals surface area contributed by atoms with Gasteiger partial charge in [0.05, 0.1) is 17.4 Å². The molecule has 2 unspecified atom stereocenters. The number of nitro benzene ring substituents is 1. The van der Waals surface area contributed by atoms with E-state index >= 15 is 0 Å². The highest BCUT2D eigenvalue weighted by Gasteiger charge is 2.54. The maximum atomic E-state index is 12.9. The number of nitrogens with zero attached hydrogens (tertiary/aromatic N) is 4. The molecule has 1 aliphatic rings. The normalized spacial score (nSPS) is 23.4. The number of hydrogen-bond donors (Lipinski definition) is 1. The molecule has 27 heavy (non-hydrogen) atoms.